The number of carbonyl (C=O) groups is 2. The van der Waals surface area contributed by atoms with Gasteiger partial charge < -0.3 is 15.0 Å². The molecule has 0 bridgehead atoms. The van der Waals surface area contributed by atoms with Crippen LogP contribution in [0.3, 0.4) is 0 Å². The molecule has 1 aromatic heterocycles. The molecule has 0 saturated carbocycles. The lowest BCUT2D eigenvalue weighted by atomic mass is 9.95. The molecule has 0 aliphatic carbocycles. The molecule has 0 saturated heterocycles. The van der Waals surface area contributed by atoms with Crippen LogP contribution < -0.4 is 10.2 Å². The van der Waals surface area contributed by atoms with Gasteiger partial charge in [-0.3, -0.25) is 4.79 Å². The number of nitrogens with one attached hydrogen (secondary N) is 1. The van der Waals surface area contributed by atoms with Crippen LogP contribution in [0.5, 0.6) is 0 Å². The van der Waals surface area contributed by atoms with Crippen molar-refractivity contribution in [1.82, 2.24) is 14.8 Å². The van der Waals surface area contributed by atoms with Crippen LogP contribution in [0.1, 0.15) is 25.5 Å². The second-order valence-electron chi connectivity index (χ2n) is 7.18. The molecule has 1 atom stereocenters. The van der Waals surface area contributed by atoms with Gasteiger partial charge in [0.1, 0.15) is 24.7 Å². The lowest BCUT2D eigenvalue weighted by Gasteiger charge is -2.35. The summed E-state index contributed by atoms with van der Waals surface area (Å²) in [4.78, 5) is 31.7. The van der Waals surface area contributed by atoms with Gasteiger partial charge in [0, 0.05) is 11.4 Å². The van der Waals surface area contributed by atoms with Crippen molar-refractivity contribution in [2.45, 2.75) is 19.9 Å². The van der Waals surface area contributed by atoms with E-state index in [2.05, 4.69) is 15.4 Å². The molecule has 164 valence electrons. The number of hydrogen-bond acceptors (Lipinski definition) is 6. The Hall–Kier alpha value is -4.01. The van der Waals surface area contributed by atoms with Gasteiger partial charge in [0.2, 0.25) is 11.9 Å². The maximum Gasteiger partial charge on any atom is 0.338 e. The molecule has 1 amide bonds. The van der Waals surface area contributed by atoms with Crippen molar-refractivity contribution in [3.05, 3.63) is 83.6 Å². The third-order valence-corrected chi connectivity index (χ3v) is 5.13. The Balaban J connectivity index is 1.72. The lowest BCUT2D eigenvalue weighted by Crippen LogP contribution is -2.40. The van der Waals surface area contributed by atoms with Crippen molar-refractivity contribution >= 4 is 23.5 Å². The van der Waals surface area contributed by atoms with Crippen LogP contribution in [0, 0.1) is 5.82 Å². The van der Waals surface area contributed by atoms with Crippen molar-refractivity contribution < 1.29 is 18.7 Å². The average Bonchev–Trinajstić information content (AvgIpc) is 3.25. The Bertz CT molecular complexity index is 1180. The van der Waals surface area contributed by atoms with Gasteiger partial charge in [0.15, 0.2) is 0 Å². The molecule has 1 aliphatic heterocycles. The molecular formula is C23H22FN5O3. The van der Waals surface area contributed by atoms with E-state index >= 15 is 0 Å². The minimum absolute atomic E-state index is 0.147. The number of carbonyl (C=O) groups excluding carboxylic acids is 2. The molecule has 0 unspecified atom stereocenters. The summed E-state index contributed by atoms with van der Waals surface area (Å²) >= 11 is 0. The van der Waals surface area contributed by atoms with E-state index in [1.54, 1.807) is 29.5 Å². The quantitative estimate of drug-likeness (QED) is 0.598. The summed E-state index contributed by atoms with van der Waals surface area (Å²) in [6.45, 7) is 3.54. The summed E-state index contributed by atoms with van der Waals surface area (Å²) in [7, 11) is 0. The molecule has 8 nitrogen and oxygen atoms in total. The third kappa shape index (κ3) is 4.09. The Labute approximate surface area is 184 Å². The molecule has 2 heterocycles. The molecule has 1 N–H and O–H groups in total. The Morgan fingerprint density at radius 1 is 1.16 bits per heavy atom. The van der Waals surface area contributed by atoms with Gasteiger partial charge in [-0.1, -0.05) is 36.4 Å². The number of aromatic nitrogens is 3. The largest absolute Gasteiger partial charge is 0.463 e. The van der Waals surface area contributed by atoms with Gasteiger partial charge in [0.25, 0.3) is 0 Å². The first-order chi connectivity index (χ1) is 15.5. The summed E-state index contributed by atoms with van der Waals surface area (Å²) in [5.41, 5.74) is 2.08. The zero-order valence-electron chi connectivity index (χ0n) is 17.7. The number of halogens is 1. The molecule has 32 heavy (non-hydrogen) atoms. The van der Waals surface area contributed by atoms with E-state index in [-0.39, 0.29) is 13.2 Å². The number of hydrogen-bond donors (Lipinski definition) is 1. The Morgan fingerprint density at radius 3 is 2.66 bits per heavy atom. The number of esters is 1. The average molecular weight is 435 g/mol. The second kappa shape index (κ2) is 9.01. The van der Waals surface area contributed by atoms with E-state index in [9.17, 15) is 14.0 Å². The van der Waals surface area contributed by atoms with Gasteiger partial charge >= 0.3 is 5.97 Å². The number of benzene rings is 2. The van der Waals surface area contributed by atoms with Gasteiger partial charge in [-0.2, -0.15) is 10.1 Å². The SMILES string of the molecule is CCOC(=O)C1=C(C)N(CC(=O)Nc2cccc(F)c2)c2ncnn2[C@@H]1c1ccccc1. The van der Waals surface area contributed by atoms with E-state index in [1.807, 2.05) is 30.3 Å². The molecular weight excluding hydrogens is 413 g/mol. The number of allylic oxidation sites excluding steroid dienone is 1. The highest BCUT2D eigenvalue weighted by Crippen LogP contribution is 2.38. The van der Waals surface area contributed by atoms with Crippen LogP contribution in [0.15, 0.2) is 72.2 Å². The fraction of sp³-hybridized carbons (Fsp3) is 0.217. The highest BCUT2D eigenvalue weighted by atomic mass is 19.1. The Morgan fingerprint density at radius 2 is 1.94 bits per heavy atom. The molecule has 0 spiro atoms. The van der Waals surface area contributed by atoms with Gasteiger partial charge in [-0.05, 0) is 37.6 Å². The molecule has 4 rings (SSSR count). The molecule has 1 aliphatic rings. The van der Waals surface area contributed by atoms with Crippen molar-refractivity contribution in [2.24, 2.45) is 0 Å². The normalized spacial score (nSPS) is 15.3. The summed E-state index contributed by atoms with van der Waals surface area (Å²) in [6, 6.07) is 14.5. The first-order valence-electron chi connectivity index (χ1n) is 10.1. The van der Waals surface area contributed by atoms with E-state index < -0.39 is 23.7 Å². The van der Waals surface area contributed by atoms with E-state index in [1.165, 1.54) is 24.5 Å². The molecule has 0 radical (unpaired) electrons. The monoisotopic (exact) mass is 435 g/mol. The first-order valence-corrected chi connectivity index (χ1v) is 10.1. The van der Waals surface area contributed by atoms with Gasteiger partial charge in [0.05, 0.1) is 12.2 Å². The number of amides is 1. The molecule has 2 aromatic carbocycles. The zero-order chi connectivity index (χ0) is 22.7. The maximum atomic E-state index is 13.5. The fourth-order valence-corrected chi connectivity index (χ4v) is 3.75. The van der Waals surface area contributed by atoms with E-state index in [0.29, 0.717) is 22.9 Å². The number of nitrogens with zero attached hydrogens (tertiary/aromatic N) is 4. The van der Waals surface area contributed by atoms with Crippen molar-refractivity contribution in [3.8, 4) is 0 Å². The van der Waals surface area contributed by atoms with Crippen molar-refractivity contribution in [3.63, 3.8) is 0 Å². The summed E-state index contributed by atoms with van der Waals surface area (Å²) in [5.74, 6) is -0.924. The predicted molar refractivity (Wildman–Crippen MR) is 116 cm³/mol. The smallest absolute Gasteiger partial charge is 0.338 e. The summed E-state index contributed by atoms with van der Waals surface area (Å²) < 4.78 is 20.4. The van der Waals surface area contributed by atoms with Crippen LogP contribution in [0.25, 0.3) is 0 Å². The predicted octanol–water partition coefficient (Wildman–Crippen LogP) is 3.30. The number of anilines is 2. The van der Waals surface area contributed by atoms with Crippen LogP contribution in [0.4, 0.5) is 16.0 Å². The minimum atomic E-state index is -0.546. The molecule has 9 heteroatoms. The topological polar surface area (TPSA) is 89.3 Å². The van der Waals surface area contributed by atoms with Crippen LogP contribution in [0.2, 0.25) is 0 Å². The van der Waals surface area contributed by atoms with Crippen LogP contribution >= 0.6 is 0 Å². The van der Waals surface area contributed by atoms with E-state index in [4.69, 9.17) is 4.74 Å². The minimum Gasteiger partial charge on any atom is -0.463 e. The molecule has 0 fully saturated rings. The summed E-state index contributed by atoms with van der Waals surface area (Å²) in [5, 5.41) is 7.00. The van der Waals surface area contributed by atoms with Crippen LogP contribution in [-0.2, 0) is 14.3 Å². The van der Waals surface area contributed by atoms with Crippen molar-refractivity contribution in [1.29, 1.82) is 0 Å². The van der Waals surface area contributed by atoms with Gasteiger partial charge in [-0.25, -0.2) is 13.9 Å². The highest BCUT2D eigenvalue weighted by molar-refractivity contribution is 5.96. The fourth-order valence-electron chi connectivity index (χ4n) is 3.75. The lowest BCUT2D eigenvalue weighted by molar-refractivity contribution is -0.139. The standard InChI is InChI=1S/C23H22FN5O3/c1-3-32-22(31)20-15(2)28(13-19(30)27-18-11-7-10-17(24)12-18)23-25-14-26-29(23)21(20)16-8-5-4-6-9-16/h4-12,14,21H,3,13H2,1-2H3,(H,27,30)/t21-/m1/s1. The highest BCUT2D eigenvalue weighted by Gasteiger charge is 2.38. The van der Waals surface area contributed by atoms with Crippen molar-refractivity contribution in [2.75, 3.05) is 23.4 Å². The number of fused-ring (bicyclic) bond motifs is 1. The third-order valence-electron chi connectivity index (χ3n) is 5.13. The first kappa shape index (κ1) is 21.2. The molecule has 3 aromatic rings. The Kier molecular flexibility index (Phi) is 5.98. The van der Waals surface area contributed by atoms with Gasteiger partial charge in [-0.15, -0.1) is 0 Å². The maximum absolute atomic E-state index is 13.5. The number of ether oxygens (including phenoxy) is 1. The van der Waals surface area contributed by atoms with Crippen LogP contribution in [-0.4, -0.2) is 39.8 Å². The zero-order valence-corrected chi connectivity index (χ0v) is 17.7. The second-order valence-corrected chi connectivity index (χ2v) is 7.18. The van der Waals surface area contributed by atoms with E-state index in [0.717, 1.165) is 5.56 Å². The summed E-state index contributed by atoms with van der Waals surface area (Å²) in [6.07, 6.45) is 1.38. The number of rotatable bonds is 6.